The van der Waals surface area contributed by atoms with Gasteiger partial charge in [-0.25, -0.2) is 8.42 Å². The number of nitrogens with zero attached hydrogens (tertiary/aromatic N) is 2. The maximum absolute atomic E-state index is 12.5. The lowest BCUT2D eigenvalue weighted by Crippen LogP contribution is -2.39. The molecule has 2 heterocycles. The molecule has 0 bridgehead atoms. The number of thiocarbonyl (C=S) groups is 1. The van der Waals surface area contributed by atoms with E-state index < -0.39 is 10.0 Å². The summed E-state index contributed by atoms with van der Waals surface area (Å²) in [5.41, 5.74) is 5.88. The molecule has 0 atom stereocenters. The van der Waals surface area contributed by atoms with Gasteiger partial charge in [0.1, 0.15) is 9.88 Å². The predicted octanol–water partition coefficient (Wildman–Crippen LogP) is 0.763. The van der Waals surface area contributed by atoms with E-state index in [1.165, 1.54) is 22.6 Å². The Hall–Kier alpha value is -1.09. The molecule has 1 fully saturated rings. The molecule has 2 N–H and O–H groups in total. The molecule has 0 radical (unpaired) electrons. The van der Waals surface area contributed by atoms with Crippen LogP contribution in [-0.4, -0.2) is 49.5 Å². The van der Waals surface area contributed by atoms with Gasteiger partial charge in [0.25, 0.3) is 0 Å². The first-order valence-electron chi connectivity index (χ1n) is 6.70. The van der Waals surface area contributed by atoms with Crippen molar-refractivity contribution in [3.05, 3.63) is 24.0 Å². The Morgan fingerprint density at radius 1 is 1.48 bits per heavy atom. The number of rotatable bonds is 5. The van der Waals surface area contributed by atoms with E-state index in [-0.39, 0.29) is 9.88 Å². The molecular formula is C13H19N3O3S2. The molecule has 0 amide bonds. The van der Waals surface area contributed by atoms with Gasteiger partial charge < -0.3 is 10.5 Å². The second kappa shape index (κ2) is 6.78. The molecule has 0 saturated carbocycles. The molecule has 1 aliphatic heterocycles. The Morgan fingerprint density at radius 2 is 2.14 bits per heavy atom. The van der Waals surface area contributed by atoms with Crippen LogP contribution in [0.15, 0.2) is 23.2 Å². The summed E-state index contributed by atoms with van der Waals surface area (Å²) in [7, 11) is -1.83. The number of methoxy groups -OCH3 is 1. The minimum Gasteiger partial charge on any atom is -0.388 e. The number of hydrogen-bond acceptors (Lipinski definition) is 5. The fourth-order valence-electron chi connectivity index (χ4n) is 2.38. The van der Waals surface area contributed by atoms with Crippen molar-refractivity contribution in [2.24, 2.45) is 11.7 Å². The smallest absolute Gasteiger partial charge is 0.244 e. The van der Waals surface area contributed by atoms with E-state index >= 15 is 0 Å². The quantitative estimate of drug-likeness (QED) is 0.803. The second-order valence-electron chi connectivity index (χ2n) is 5.05. The number of sulfonamides is 1. The number of ether oxygens (including phenoxy) is 1. The second-order valence-corrected chi connectivity index (χ2v) is 7.42. The number of nitrogens with two attached hydrogens (primary N) is 1. The first-order chi connectivity index (χ1) is 9.95. The highest BCUT2D eigenvalue weighted by atomic mass is 32.2. The van der Waals surface area contributed by atoms with Gasteiger partial charge in [-0.1, -0.05) is 12.2 Å². The molecule has 6 nitrogen and oxygen atoms in total. The summed E-state index contributed by atoms with van der Waals surface area (Å²) >= 11 is 4.81. The number of aromatic nitrogens is 1. The van der Waals surface area contributed by atoms with Crippen LogP contribution in [0.3, 0.4) is 0 Å². The zero-order chi connectivity index (χ0) is 15.5. The van der Waals surface area contributed by atoms with Crippen molar-refractivity contribution in [1.29, 1.82) is 0 Å². The molecule has 1 aliphatic rings. The van der Waals surface area contributed by atoms with Crippen LogP contribution >= 0.6 is 12.2 Å². The Labute approximate surface area is 130 Å². The predicted molar refractivity (Wildman–Crippen MR) is 83.5 cm³/mol. The van der Waals surface area contributed by atoms with Crippen LogP contribution < -0.4 is 5.73 Å². The summed E-state index contributed by atoms with van der Waals surface area (Å²) < 4.78 is 31.7. The molecule has 2 rings (SSSR count). The third kappa shape index (κ3) is 3.76. The fourth-order valence-corrected chi connectivity index (χ4v) is 3.92. The maximum atomic E-state index is 12.5. The van der Waals surface area contributed by atoms with Gasteiger partial charge >= 0.3 is 0 Å². The van der Waals surface area contributed by atoms with E-state index in [9.17, 15) is 8.42 Å². The molecule has 0 unspecified atom stereocenters. The standard InChI is InChI=1S/C13H19N3O3S2/c1-19-9-10-4-6-16(7-5-10)21(17,18)11-2-3-12(13(14)20)15-8-11/h2-3,8,10H,4-7,9H2,1H3,(H2,14,20). The van der Waals surface area contributed by atoms with E-state index in [1.807, 2.05) is 0 Å². The van der Waals surface area contributed by atoms with Crippen LogP contribution in [0.5, 0.6) is 0 Å². The van der Waals surface area contributed by atoms with Crippen molar-refractivity contribution < 1.29 is 13.2 Å². The van der Waals surface area contributed by atoms with Crippen LogP contribution in [0.25, 0.3) is 0 Å². The van der Waals surface area contributed by atoms with Gasteiger partial charge in [-0.3, -0.25) is 4.98 Å². The summed E-state index contributed by atoms with van der Waals surface area (Å²) in [5.74, 6) is 0.427. The third-order valence-corrected chi connectivity index (χ3v) is 5.69. The van der Waals surface area contributed by atoms with Gasteiger partial charge in [-0.15, -0.1) is 0 Å². The van der Waals surface area contributed by atoms with E-state index in [4.69, 9.17) is 22.7 Å². The topological polar surface area (TPSA) is 85.5 Å². The molecule has 1 saturated heterocycles. The molecule has 0 aliphatic carbocycles. The largest absolute Gasteiger partial charge is 0.388 e. The van der Waals surface area contributed by atoms with E-state index in [0.29, 0.717) is 31.3 Å². The van der Waals surface area contributed by atoms with Crippen molar-refractivity contribution >= 4 is 27.2 Å². The van der Waals surface area contributed by atoms with Gasteiger partial charge in [0.15, 0.2) is 0 Å². The molecule has 1 aromatic rings. The number of hydrogen-bond donors (Lipinski definition) is 1. The van der Waals surface area contributed by atoms with Gasteiger partial charge in [-0.05, 0) is 30.9 Å². The Kier molecular flexibility index (Phi) is 5.26. The normalized spacial score (nSPS) is 17.8. The highest BCUT2D eigenvalue weighted by molar-refractivity contribution is 7.89. The molecule has 8 heteroatoms. The Bertz CT molecular complexity index is 594. The zero-order valence-corrected chi connectivity index (χ0v) is 13.5. The zero-order valence-electron chi connectivity index (χ0n) is 11.9. The molecule has 116 valence electrons. The molecule has 0 spiro atoms. The van der Waals surface area contributed by atoms with Crippen LogP contribution in [0, 0.1) is 5.92 Å². The lowest BCUT2D eigenvalue weighted by atomic mass is 9.99. The average molecular weight is 329 g/mol. The first-order valence-corrected chi connectivity index (χ1v) is 8.55. The van der Waals surface area contributed by atoms with Crippen LogP contribution in [-0.2, 0) is 14.8 Å². The SMILES string of the molecule is COCC1CCN(S(=O)(=O)c2ccc(C(N)=S)nc2)CC1. The summed E-state index contributed by atoms with van der Waals surface area (Å²) in [4.78, 5) is 4.32. The number of piperidine rings is 1. The Morgan fingerprint density at radius 3 is 2.62 bits per heavy atom. The van der Waals surface area contributed by atoms with Crippen molar-refractivity contribution in [3.8, 4) is 0 Å². The first kappa shape index (κ1) is 16.3. The number of pyridine rings is 1. The van der Waals surface area contributed by atoms with E-state index in [0.717, 1.165) is 12.8 Å². The van der Waals surface area contributed by atoms with E-state index in [1.54, 1.807) is 7.11 Å². The summed E-state index contributed by atoms with van der Waals surface area (Å²) in [5, 5.41) is 0. The van der Waals surface area contributed by atoms with Crippen molar-refractivity contribution in [1.82, 2.24) is 9.29 Å². The minimum absolute atomic E-state index is 0.152. The lowest BCUT2D eigenvalue weighted by Gasteiger charge is -2.30. The summed E-state index contributed by atoms with van der Waals surface area (Å²) in [6.45, 7) is 1.69. The van der Waals surface area contributed by atoms with Crippen LogP contribution in [0.4, 0.5) is 0 Å². The van der Waals surface area contributed by atoms with Crippen molar-refractivity contribution in [3.63, 3.8) is 0 Å². The van der Waals surface area contributed by atoms with Gasteiger partial charge in [0.2, 0.25) is 10.0 Å². The summed E-state index contributed by atoms with van der Waals surface area (Å²) in [6.07, 6.45) is 2.93. The van der Waals surface area contributed by atoms with Crippen molar-refractivity contribution in [2.75, 3.05) is 26.8 Å². The fraction of sp³-hybridized carbons (Fsp3) is 0.538. The highest BCUT2D eigenvalue weighted by Gasteiger charge is 2.29. The maximum Gasteiger partial charge on any atom is 0.244 e. The van der Waals surface area contributed by atoms with Crippen molar-refractivity contribution in [2.45, 2.75) is 17.7 Å². The van der Waals surface area contributed by atoms with Gasteiger partial charge in [0.05, 0.1) is 5.69 Å². The summed E-state index contributed by atoms with van der Waals surface area (Å²) in [6, 6.07) is 3.03. The third-order valence-electron chi connectivity index (χ3n) is 3.60. The van der Waals surface area contributed by atoms with Crippen LogP contribution in [0.2, 0.25) is 0 Å². The molecule has 1 aromatic heterocycles. The lowest BCUT2D eigenvalue weighted by molar-refractivity contribution is 0.121. The van der Waals surface area contributed by atoms with E-state index in [2.05, 4.69) is 4.98 Å². The molecule has 21 heavy (non-hydrogen) atoms. The monoisotopic (exact) mass is 329 g/mol. The van der Waals surface area contributed by atoms with Crippen LogP contribution in [0.1, 0.15) is 18.5 Å². The average Bonchev–Trinajstić information content (AvgIpc) is 2.48. The van der Waals surface area contributed by atoms with Gasteiger partial charge in [-0.2, -0.15) is 4.31 Å². The minimum atomic E-state index is -3.50. The van der Waals surface area contributed by atoms with Gasteiger partial charge in [0, 0.05) is 33.0 Å². The molecule has 0 aromatic carbocycles. The molecular weight excluding hydrogens is 310 g/mol. The highest BCUT2D eigenvalue weighted by Crippen LogP contribution is 2.23. The Balaban J connectivity index is 2.10.